The molecule has 3 aromatic heterocycles. The summed E-state index contributed by atoms with van der Waals surface area (Å²) in [6.07, 6.45) is 0. The summed E-state index contributed by atoms with van der Waals surface area (Å²) in [6.45, 7) is 0. The van der Waals surface area contributed by atoms with Crippen molar-refractivity contribution < 1.29 is 17.1 Å². The smallest absolute Gasteiger partial charge is 0.0991 e. The molecule has 64 heavy (non-hydrogen) atoms. The molecule has 0 spiro atoms. The summed E-state index contributed by atoms with van der Waals surface area (Å²) >= 11 is 0. The minimum atomic E-state index is 0. The first-order valence-corrected chi connectivity index (χ1v) is 20.5. The normalized spacial score (nSPS) is 11.3. The molecule has 12 rings (SSSR count). The Kier molecular flexibility index (Phi) is 8.98. The molecule has 0 saturated carbocycles. The van der Waals surface area contributed by atoms with Gasteiger partial charge in [-0.1, -0.05) is 133 Å². The van der Waals surface area contributed by atoms with Crippen LogP contribution in [0.3, 0.4) is 0 Å². The van der Waals surface area contributed by atoms with E-state index in [9.17, 15) is 15.8 Å². The second-order valence-electron chi connectivity index (χ2n) is 15.6. The van der Waals surface area contributed by atoms with Crippen LogP contribution in [0.5, 0.6) is 0 Å². The molecule has 1 aliphatic heterocycles. The zero-order valence-corrected chi connectivity index (χ0v) is 34.5. The standard InChI is InChI=1S/C56H28N7.Cu/c57-29-32-12-9-15-35(26-32)46-49-38-18-1-3-20-40(38)51(60-49)47(36-16-10-13-33(27-36)30-58)53-42-22-5-7-24-44(42)55(62-53)56-45-25-8-6-23-43(45)54(63-56)48(37-17-11-14-34(28-37)31-59)52-41-21-4-2-19-39(41)50(46)61-52;/h1-28H;/q-3;. The molecule has 0 unspecified atom stereocenters. The molecule has 0 atom stereocenters. The Morgan fingerprint density at radius 3 is 1.03 bits per heavy atom. The minimum Gasteiger partial charge on any atom is -0.656 e. The van der Waals surface area contributed by atoms with E-state index < -0.39 is 0 Å². The second-order valence-corrected chi connectivity index (χ2v) is 15.6. The molecule has 8 bridgehead atoms. The fraction of sp³-hybridized carbons (Fsp3) is 0. The number of fused-ring (bicyclic) bond motifs is 1. The molecule has 1 aliphatic carbocycles. The van der Waals surface area contributed by atoms with Crippen molar-refractivity contribution >= 4 is 65.4 Å². The average molecular weight is 862 g/mol. The van der Waals surface area contributed by atoms with E-state index in [-0.39, 0.29) is 17.1 Å². The third-order valence-corrected chi connectivity index (χ3v) is 12.1. The zero-order chi connectivity index (χ0) is 42.2. The van der Waals surface area contributed by atoms with Crippen molar-refractivity contribution in [2.45, 2.75) is 0 Å². The monoisotopic (exact) mass is 861 g/mol. The molecule has 0 fully saturated rings. The summed E-state index contributed by atoms with van der Waals surface area (Å²) < 4.78 is 0. The van der Waals surface area contributed by atoms with Crippen LogP contribution in [0.25, 0.3) is 121 Å². The van der Waals surface area contributed by atoms with Gasteiger partial charge >= 0.3 is 0 Å². The predicted molar refractivity (Wildman–Crippen MR) is 251 cm³/mol. The molecular formula is C56H28CuN7-3. The Morgan fingerprint density at radius 2 is 0.641 bits per heavy atom. The predicted octanol–water partition coefficient (Wildman–Crippen LogP) is 12.8. The maximum Gasteiger partial charge on any atom is 0.0991 e. The summed E-state index contributed by atoms with van der Waals surface area (Å²) in [5, 5.41) is 36.1. The van der Waals surface area contributed by atoms with E-state index in [1.165, 1.54) is 0 Å². The number of hydrogen-bond donors (Lipinski definition) is 0. The van der Waals surface area contributed by atoms with E-state index in [1.807, 2.05) is 103 Å². The van der Waals surface area contributed by atoms with Gasteiger partial charge < -0.3 is 15.0 Å². The van der Waals surface area contributed by atoms with Gasteiger partial charge in [-0.2, -0.15) is 15.8 Å². The van der Waals surface area contributed by atoms with Gasteiger partial charge in [-0.05, 0) is 102 Å². The number of nitriles is 3. The van der Waals surface area contributed by atoms with Gasteiger partial charge in [0.1, 0.15) is 0 Å². The number of benzene rings is 7. The summed E-state index contributed by atoms with van der Waals surface area (Å²) in [5.74, 6) is 0. The molecule has 8 heteroatoms. The number of hydrogen-bond acceptors (Lipinski definition) is 4. The van der Waals surface area contributed by atoms with E-state index >= 15 is 0 Å². The van der Waals surface area contributed by atoms with Crippen LogP contribution in [-0.4, -0.2) is 4.98 Å². The maximum atomic E-state index is 10.3. The number of rotatable bonds is 3. The van der Waals surface area contributed by atoms with Gasteiger partial charge in [-0.3, -0.25) is 0 Å². The summed E-state index contributed by atoms with van der Waals surface area (Å²) in [7, 11) is 0. The quantitative estimate of drug-likeness (QED) is 0.162. The summed E-state index contributed by atoms with van der Waals surface area (Å²) in [6, 6.07) is 62.8. The molecule has 0 amide bonds. The Labute approximate surface area is 377 Å². The van der Waals surface area contributed by atoms with E-state index in [0.717, 1.165) is 88.0 Å². The van der Waals surface area contributed by atoms with Crippen molar-refractivity contribution in [3.05, 3.63) is 187 Å². The van der Waals surface area contributed by atoms with Gasteiger partial charge in [0.15, 0.2) is 0 Å². The van der Waals surface area contributed by atoms with E-state index in [0.29, 0.717) is 50.0 Å². The van der Waals surface area contributed by atoms with Gasteiger partial charge in [0, 0.05) is 28.2 Å². The molecule has 7 aromatic carbocycles. The molecule has 0 saturated heterocycles. The number of aromatic nitrogens is 4. The Balaban J connectivity index is 0.00000456. The molecule has 4 heterocycles. The van der Waals surface area contributed by atoms with E-state index in [2.05, 4.69) is 66.7 Å². The van der Waals surface area contributed by atoms with Crippen molar-refractivity contribution in [3.63, 3.8) is 0 Å². The summed E-state index contributed by atoms with van der Waals surface area (Å²) in [4.78, 5) is 22.6. The fourth-order valence-electron chi connectivity index (χ4n) is 9.41. The first kappa shape index (κ1) is 38.2. The molecular weight excluding hydrogens is 834 g/mol. The first-order chi connectivity index (χ1) is 31.1. The van der Waals surface area contributed by atoms with Crippen LogP contribution < -0.4 is 15.0 Å². The van der Waals surface area contributed by atoms with Crippen molar-refractivity contribution in [2.75, 3.05) is 0 Å². The van der Waals surface area contributed by atoms with E-state index in [1.54, 1.807) is 18.2 Å². The topological polar surface area (TPSA) is 127 Å². The van der Waals surface area contributed by atoms with Gasteiger partial charge in [0.05, 0.1) is 46.3 Å². The average Bonchev–Trinajstić information content (AvgIpc) is 4.12. The van der Waals surface area contributed by atoms with Crippen molar-refractivity contribution in [1.29, 1.82) is 15.8 Å². The van der Waals surface area contributed by atoms with Crippen LogP contribution in [0, 0.1) is 34.0 Å². The largest absolute Gasteiger partial charge is 0.656 e. The fourth-order valence-corrected chi connectivity index (χ4v) is 9.41. The van der Waals surface area contributed by atoms with Crippen LogP contribution in [0.2, 0.25) is 0 Å². The second kappa shape index (κ2) is 15.0. The molecule has 2 aliphatic rings. The maximum absolute atomic E-state index is 10.3. The van der Waals surface area contributed by atoms with Crippen LogP contribution >= 0.6 is 0 Å². The SMILES string of the molecule is N#Cc1cccc(-c2c3nc(c4[n-]c(c(-c5cccc(C#N)c5)c5[n-]c(c(-c6cccc(C#N)c6)c6[n-]c2c2ccccc62)c2ccccc52)c2ccccc42)-c2ccccc2-3)c1.[Cu]. The third kappa shape index (κ3) is 5.74. The Morgan fingerprint density at radius 1 is 0.328 bits per heavy atom. The van der Waals surface area contributed by atoms with Crippen molar-refractivity contribution in [3.8, 4) is 74.1 Å². The van der Waals surface area contributed by atoms with Crippen molar-refractivity contribution in [2.24, 2.45) is 0 Å². The van der Waals surface area contributed by atoms with Gasteiger partial charge in [-0.15, -0.1) is 33.1 Å². The van der Waals surface area contributed by atoms with Crippen LogP contribution in [-0.2, 0) is 17.1 Å². The van der Waals surface area contributed by atoms with Gasteiger partial charge in [0.25, 0.3) is 0 Å². The molecule has 0 N–H and O–H groups in total. The Bertz CT molecular complexity index is 4030. The zero-order valence-electron chi connectivity index (χ0n) is 33.6. The first-order valence-electron chi connectivity index (χ1n) is 20.5. The molecule has 301 valence electrons. The third-order valence-electron chi connectivity index (χ3n) is 12.1. The van der Waals surface area contributed by atoms with E-state index in [4.69, 9.17) is 19.9 Å². The van der Waals surface area contributed by atoms with Crippen LogP contribution in [0.15, 0.2) is 170 Å². The molecule has 1 radical (unpaired) electrons. The number of nitrogens with zero attached hydrogens (tertiary/aromatic N) is 7. The summed E-state index contributed by atoms with van der Waals surface area (Å²) in [5.41, 5.74) is 13.7. The van der Waals surface area contributed by atoms with Gasteiger partial charge in [-0.25, -0.2) is 4.98 Å². The van der Waals surface area contributed by atoms with Gasteiger partial charge in [0.2, 0.25) is 0 Å². The minimum absolute atomic E-state index is 0. The van der Waals surface area contributed by atoms with Crippen molar-refractivity contribution in [1.82, 2.24) is 19.9 Å². The molecule has 7 nitrogen and oxygen atoms in total. The van der Waals surface area contributed by atoms with Crippen LogP contribution in [0.1, 0.15) is 16.7 Å². The van der Waals surface area contributed by atoms with Crippen LogP contribution in [0.4, 0.5) is 0 Å². The Hall–Kier alpha value is -8.70. The molecule has 10 aromatic rings.